The van der Waals surface area contributed by atoms with Crippen molar-refractivity contribution in [3.05, 3.63) is 146 Å². The van der Waals surface area contributed by atoms with Gasteiger partial charge in [0.05, 0.1) is 27.8 Å². The van der Waals surface area contributed by atoms with Crippen LogP contribution in [0.3, 0.4) is 0 Å². The van der Waals surface area contributed by atoms with Crippen molar-refractivity contribution in [2.24, 2.45) is 0 Å². The Balaban J connectivity index is 1.43. The van der Waals surface area contributed by atoms with Crippen LogP contribution in [0, 0.1) is 0 Å². The Hall–Kier alpha value is -5.48. The molecule has 0 aliphatic carbocycles. The van der Waals surface area contributed by atoms with Crippen molar-refractivity contribution in [3.8, 4) is 56.3 Å². The number of rotatable bonds is 5. The molecule has 0 aliphatic heterocycles. The van der Waals surface area contributed by atoms with Crippen molar-refractivity contribution in [3.63, 3.8) is 0 Å². The number of aromatic hydroxyl groups is 1. The lowest BCUT2D eigenvalue weighted by atomic mass is 9.99. The number of para-hydroxylation sites is 3. The van der Waals surface area contributed by atoms with Crippen LogP contribution in [0.2, 0.25) is 0 Å². The van der Waals surface area contributed by atoms with Gasteiger partial charge in [-0.2, -0.15) is 0 Å². The molecule has 7 rings (SSSR count). The van der Waals surface area contributed by atoms with Gasteiger partial charge in [-0.15, -0.1) is 0 Å². The summed E-state index contributed by atoms with van der Waals surface area (Å²) in [4.78, 5) is 9.43. The van der Waals surface area contributed by atoms with E-state index in [1.54, 1.807) is 12.1 Å². The van der Waals surface area contributed by atoms with E-state index in [-0.39, 0.29) is 30.0 Å². The van der Waals surface area contributed by atoms with Gasteiger partial charge < -0.3 is 5.11 Å². The average Bonchev–Trinajstić information content (AvgIpc) is 3.43. The van der Waals surface area contributed by atoms with E-state index < -0.39 is 0 Å². The van der Waals surface area contributed by atoms with E-state index in [1.165, 1.54) is 6.07 Å². The first-order valence-electron chi connectivity index (χ1n) is 14.9. The highest BCUT2D eigenvalue weighted by atomic mass is 16.3. The van der Waals surface area contributed by atoms with Gasteiger partial charge in [-0.25, -0.2) is 4.98 Å². The number of phenols is 1. The maximum Gasteiger partial charge on any atom is 0.149 e. The van der Waals surface area contributed by atoms with E-state index in [9.17, 15) is 5.11 Å². The summed E-state index contributed by atoms with van der Waals surface area (Å²) in [5.74, 6) is 0.514. The standard InChI is InChI=1S/C36H25N3O/c40-34-20-8-7-17-31(34)36-38-35-30(18-10-19-33(35)39(36)29-15-5-2-6-16-29)27-13-9-14-28(23-27)32-24-26(21-22-37-32)25-11-3-1-4-12-25/h1-24,40H/i8D,21D,22D,24D. The van der Waals surface area contributed by atoms with E-state index in [2.05, 4.69) is 4.98 Å². The number of aromatic nitrogens is 3. The summed E-state index contributed by atoms with van der Waals surface area (Å²) < 4.78 is 35.8. The van der Waals surface area contributed by atoms with Gasteiger partial charge in [-0.05, 0) is 65.2 Å². The Morgan fingerprint density at radius 2 is 1.38 bits per heavy atom. The van der Waals surface area contributed by atoms with Crippen molar-refractivity contribution in [2.45, 2.75) is 0 Å². The minimum absolute atomic E-state index is 0.0270. The van der Waals surface area contributed by atoms with Crippen molar-refractivity contribution in [1.82, 2.24) is 14.5 Å². The normalized spacial score (nSPS) is 12.5. The van der Waals surface area contributed by atoms with Gasteiger partial charge in [-0.1, -0.05) is 91.0 Å². The molecule has 0 atom stereocenters. The Kier molecular flexibility index (Phi) is 4.90. The molecule has 0 fully saturated rings. The molecule has 0 spiro atoms. The molecule has 190 valence electrons. The third-order valence-electron chi connectivity index (χ3n) is 6.88. The summed E-state index contributed by atoms with van der Waals surface area (Å²) in [6.07, 6.45) is -0.188. The number of hydrogen-bond donors (Lipinski definition) is 1. The number of fused-ring (bicyclic) bond motifs is 1. The molecule has 1 N–H and O–H groups in total. The molecule has 0 bridgehead atoms. The fourth-order valence-electron chi connectivity index (χ4n) is 5.00. The summed E-state index contributed by atoms with van der Waals surface area (Å²) >= 11 is 0. The SMILES string of the molecule is [2H]c1ccc(-c2nc3c(-c4cccc(-c5nc([2H])c([2H])c(-c6ccccc6)c5[2H])c4)cccc3n2-c2ccccc2)c(O)c1. The highest BCUT2D eigenvalue weighted by Gasteiger charge is 2.19. The highest BCUT2D eigenvalue weighted by molar-refractivity contribution is 5.96. The van der Waals surface area contributed by atoms with Crippen LogP contribution < -0.4 is 0 Å². The second-order valence-corrected chi connectivity index (χ2v) is 9.37. The van der Waals surface area contributed by atoms with Gasteiger partial charge >= 0.3 is 0 Å². The molecule has 5 aromatic carbocycles. The largest absolute Gasteiger partial charge is 0.507 e. The predicted octanol–water partition coefficient (Wildman–Crippen LogP) is 8.79. The van der Waals surface area contributed by atoms with Crippen LogP contribution in [0.5, 0.6) is 5.75 Å². The molecule has 4 nitrogen and oxygen atoms in total. The van der Waals surface area contributed by atoms with Crippen LogP contribution in [0.1, 0.15) is 5.48 Å². The molecule has 7 aromatic rings. The zero-order valence-corrected chi connectivity index (χ0v) is 21.3. The highest BCUT2D eigenvalue weighted by Crippen LogP contribution is 2.38. The van der Waals surface area contributed by atoms with Crippen molar-refractivity contribution in [2.75, 3.05) is 0 Å². The first-order chi connectivity index (χ1) is 21.4. The molecule has 2 heterocycles. The minimum Gasteiger partial charge on any atom is -0.507 e. The first kappa shape index (κ1) is 19.6. The fraction of sp³-hybridized carbons (Fsp3) is 0. The third kappa shape index (κ3) is 4.22. The van der Waals surface area contributed by atoms with Gasteiger partial charge in [0.25, 0.3) is 0 Å². The lowest BCUT2D eigenvalue weighted by Gasteiger charge is -2.11. The van der Waals surface area contributed by atoms with E-state index in [0.29, 0.717) is 39.3 Å². The van der Waals surface area contributed by atoms with E-state index >= 15 is 0 Å². The summed E-state index contributed by atoms with van der Waals surface area (Å²) in [7, 11) is 0. The van der Waals surface area contributed by atoms with Crippen molar-refractivity contribution in [1.29, 1.82) is 0 Å². The summed E-state index contributed by atoms with van der Waals surface area (Å²) in [5, 5.41) is 10.8. The van der Waals surface area contributed by atoms with Gasteiger partial charge in [0.1, 0.15) is 11.6 Å². The maximum atomic E-state index is 10.8. The maximum absolute atomic E-state index is 10.8. The van der Waals surface area contributed by atoms with Crippen molar-refractivity contribution < 1.29 is 10.6 Å². The molecule has 4 heteroatoms. The van der Waals surface area contributed by atoms with Crippen LogP contribution in [-0.4, -0.2) is 19.6 Å². The molecule has 0 amide bonds. The quantitative estimate of drug-likeness (QED) is 0.247. The molecule has 2 aromatic heterocycles. The van der Waals surface area contributed by atoms with Gasteiger partial charge in [-0.3, -0.25) is 9.55 Å². The predicted molar refractivity (Wildman–Crippen MR) is 162 cm³/mol. The Labute approximate surface area is 238 Å². The molecule has 40 heavy (non-hydrogen) atoms. The third-order valence-corrected chi connectivity index (χ3v) is 6.88. The van der Waals surface area contributed by atoms with Gasteiger partial charge in [0.15, 0.2) is 0 Å². The molecule has 0 radical (unpaired) electrons. The van der Waals surface area contributed by atoms with Crippen LogP contribution in [0.15, 0.2) is 146 Å². The Morgan fingerprint density at radius 3 is 2.20 bits per heavy atom. The van der Waals surface area contributed by atoms with Crippen LogP contribution in [-0.2, 0) is 0 Å². The summed E-state index contributed by atoms with van der Waals surface area (Å²) in [6, 6.07) is 37.6. The smallest absolute Gasteiger partial charge is 0.149 e. The fourth-order valence-corrected chi connectivity index (χ4v) is 5.00. The van der Waals surface area contributed by atoms with Crippen LogP contribution in [0.25, 0.3) is 61.6 Å². The zero-order valence-electron chi connectivity index (χ0n) is 25.3. The number of benzene rings is 5. The number of pyridine rings is 1. The van der Waals surface area contributed by atoms with E-state index in [1.807, 2.05) is 108 Å². The number of hydrogen-bond acceptors (Lipinski definition) is 3. The second kappa shape index (κ2) is 10.0. The van der Waals surface area contributed by atoms with Crippen molar-refractivity contribution >= 4 is 11.0 Å². The Bertz CT molecular complexity index is 2180. The number of phenolic OH excluding ortho intramolecular Hbond substituents is 1. The Morgan fingerprint density at radius 1 is 0.650 bits per heavy atom. The minimum atomic E-state index is -0.188. The molecular weight excluding hydrogens is 490 g/mol. The molecular formula is C36H25N3O. The molecule has 0 unspecified atom stereocenters. The monoisotopic (exact) mass is 519 g/mol. The second-order valence-electron chi connectivity index (χ2n) is 9.37. The van der Waals surface area contributed by atoms with Gasteiger partial charge in [0, 0.05) is 23.0 Å². The topological polar surface area (TPSA) is 50.9 Å². The average molecular weight is 520 g/mol. The van der Waals surface area contributed by atoms with E-state index in [0.717, 1.165) is 22.3 Å². The van der Waals surface area contributed by atoms with Crippen LogP contribution >= 0.6 is 0 Å². The molecule has 0 saturated heterocycles. The lowest BCUT2D eigenvalue weighted by molar-refractivity contribution is 0.477. The zero-order chi connectivity index (χ0) is 30.4. The van der Waals surface area contributed by atoms with E-state index in [4.69, 9.17) is 10.5 Å². The first-order valence-corrected chi connectivity index (χ1v) is 12.9. The van der Waals surface area contributed by atoms with Gasteiger partial charge in [0.2, 0.25) is 0 Å². The number of imidazole rings is 1. The molecule has 0 saturated carbocycles. The summed E-state index contributed by atoms with van der Waals surface area (Å²) in [6.45, 7) is 0. The van der Waals surface area contributed by atoms with Crippen LogP contribution in [0.4, 0.5) is 0 Å². The summed E-state index contributed by atoms with van der Waals surface area (Å²) in [5.41, 5.74) is 6.67. The number of nitrogens with zero attached hydrogens (tertiary/aromatic N) is 3. The molecule has 0 aliphatic rings. The lowest BCUT2D eigenvalue weighted by Crippen LogP contribution is -1.97.